The molecule has 0 aliphatic carbocycles. The van der Waals surface area contributed by atoms with Gasteiger partial charge < -0.3 is 14.6 Å². The second kappa shape index (κ2) is 9.41. The number of hydrogen-bond donors (Lipinski definition) is 1. The fraction of sp³-hybridized carbons (Fsp3) is 0.185. The number of anilines is 1. The van der Waals surface area contributed by atoms with Gasteiger partial charge in [-0.2, -0.15) is 0 Å². The summed E-state index contributed by atoms with van der Waals surface area (Å²) in [6.07, 6.45) is -4.87. The predicted octanol–water partition coefficient (Wildman–Crippen LogP) is 5.84. The molecule has 1 N–H and O–H groups in total. The van der Waals surface area contributed by atoms with Gasteiger partial charge >= 0.3 is 6.36 Å². The Labute approximate surface area is 205 Å². The third-order valence-corrected chi connectivity index (χ3v) is 5.79. The van der Waals surface area contributed by atoms with E-state index in [1.807, 2.05) is 13.0 Å². The number of aryl methyl sites for hydroxylation is 2. The molecule has 1 unspecified atom stereocenters. The zero-order valence-electron chi connectivity index (χ0n) is 19.6. The Bertz CT molecular complexity index is 1350. The van der Waals surface area contributed by atoms with E-state index in [0.717, 1.165) is 28.2 Å². The number of Topliss-reactive ketones (excluding diaryl/α,β-unsaturated/α-hetero) is 1. The molecule has 1 fully saturated rings. The first-order valence-corrected chi connectivity index (χ1v) is 10.9. The number of carbonyl (C=O) groups excluding carboxylic acids is 2. The monoisotopic (exact) mass is 497 g/mol. The molecule has 9 heteroatoms. The summed E-state index contributed by atoms with van der Waals surface area (Å²) in [6, 6.07) is 15.6. The maximum Gasteiger partial charge on any atom is 0.573 e. The number of aliphatic hydroxyl groups is 1. The number of ether oxygens (including phenoxy) is 2. The lowest BCUT2D eigenvalue weighted by Gasteiger charge is -2.26. The van der Waals surface area contributed by atoms with E-state index < -0.39 is 35.6 Å². The molecule has 0 radical (unpaired) electrons. The van der Waals surface area contributed by atoms with Crippen LogP contribution in [0.4, 0.5) is 18.9 Å². The van der Waals surface area contributed by atoms with E-state index in [0.29, 0.717) is 11.3 Å². The number of hydrogen-bond acceptors (Lipinski definition) is 5. The van der Waals surface area contributed by atoms with Crippen LogP contribution in [-0.4, -0.2) is 30.3 Å². The first-order chi connectivity index (χ1) is 17.0. The van der Waals surface area contributed by atoms with E-state index in [1.165, 1.54) is 19.2 Å². The van der Waals surface area contributed by atoms with E-state index in [9.17, 15) is 27.9 Å². The Morgan fingerprint density at radius 3 is 2.19 bits per heavy atom. The SMILES string of the molecule is COc1c(C)cc(C)cc1/C(O)=C1\C(=O)C(=O)N(c2ccc(OC(F)(F)F)cc2)C1c1ccccc1. The average molecular weight is 497 g/mol. The lowest BCUT2D eigenvalue weighted by atomic mass is 9.93. The van der Waals surface area contributed by atoms with Crippen LogP contribution in [0.1, 0.15) is 28.3 Å². The molecule has 3 aromatic rings. The van der Waals surface area contributed by atoms with Crippen molar-refractivity contribution in [3.63, 3.8) is 0 Å². The fourth-order valence-corrected chi connectivity index (χ4v) is 4.40. The number of aliphatic hydroxyl groups excluding tert-OH is 1. The molecule has 186 valence electrons. The molecule has 1 saturated heterocycles. The van der Waals surface area contributed by atoms with Crippen LogP contribution in [0.2, 0.25) is 0 Å². The van der Waals surface area contributed by atoms with E-state index >= 15 is 0 Å². The van der Waals surface area contributed by atoms with Gasteiger partial charge in [0.25, 0.3) is 11.7 Å². The first-order valence-electron chi connectivity index (χ1n) is 10.9. The van der Waals surface area contributed by atoms with Crippen molar-refractivity contribution in [3.8, 4) is 11.5 Å². The van der Waals surface area contributed by atoms with Crippen molar-refractivity contribution in [1.82, 2.24) is 0 Å². The molecule has 0 aromatic heterocycles. The Balaban J connectivity index is 1.90. The van der Waals surface area contributed by atoms with E-state index in [4.69, 9.17) is 4.74 Å². The summed E-state index contributed by atoms with van der Waals surface area (Å²) in [7, 11) is 1.44. The second-order valence-electron chi connectivity index (χ2n) is 8.28. The highest BCUT2D eigenvalue weighted by molar-refractivity contribution is 6.51. The summed E-state index contributed by atoms with van der Waals surface area (Å²) in [6.45, 7) is 3.61. The molecule has 1 heterocycles. The van der Waals surface area contributed by atoms with Crippen LogP contribution in [0, 0.1) is 13.8 Å². The number of rotatable bonds is 5. The van der Waals surface area contributed by atoms with Gasteiger partial charge in [0.05, 0.1) is 24.3 Å². The molecule has 1 aliphatic heterocycles. The zero-order chi connectivity index (χ0) is 26.2. The van der Waals surface area contributed by atoms with Gasteiger partial charge in [0.15, 0.2) is 0 Å². The van der Waals surface area contributed by atoms with Crippen LogP contribution < -0.4 is 14.4 Å². The number of amides is 1. The van der Waals surface area contributed by atoms with Gasteiger partial charge in [-0.15, -0.1) is 13.2 Å². The molecule has 0 spiro atoms. The summed E-state index contributed by atoms with van der Waals surface area (Å²) in [5, 5.41) is 11.4. The number of methoxy groups -OCH3 is 1. The van der Waals surface area contributed by atoms with Crippen molar-refractivity contribution < 1.29 is 37.3 Å². The molecule has 36 heavy (non-hydrogen) atoms. The highest BCUT2D eigenvalue weighted by Crippen LogP contribution is 2.44. The number of halogens is 3. The third-order valence-electron chi connectivity index (χ3n) is 5.79. The number of carbonyl (C=O) groups is 2. The highest BCUT2D eigenvalue weighted by atomic mass is 19.4. The number of alkyl halides is 3. The normalized spacial score (nSPS) is 17.4. The van der Waals surface area contributed by atoms with Crippen molar-refractivity contribution in [2.75, 3.05) is 12.0 Å². The molecule has 4 rings (SSSR count). The predicted molar refractivity (Wildman–Crippen MR) is 127 cm³/mol. The molecule has 6 nitrogen and oxygen atoms in total. The minimum Gasteiger partial charge on any atom is -0.507 e. The van der Waals surface area contributed by atoms with Crippen LogP contribution in [0.5, 0.6) is 11.5 Å². The lowest BCUT2D eigenvalue weighted by molar-refractivity contribution is -0.274. The standard InChI is InChI=1S/C27H22F3NO5/c1-15-13-16(2)25(35-3)20(14-15)23(32)21-22(17-7-5-4-6-8-17)31(26(34)24(21)33)18-9-11-19(12-10-18)36-27(28,29)30/h4-14,22,32H,1-3H3/b23-21+. The van der Waals surface area contributed by atoms with Gasteiger partial charge in [0.1, 0.15) is 17.3 Å². The highest BCUT2D eigenvalue weighted by Gasteiger charge is 2.47. The molecule has 0 bridgehead atoms. The molecule has 1 atom stereocenters. The lowest BCUT2D eigenvalue weighted by Crippen LogP contribution is -2.29. The maximum absolute atomic E-state index is 13.3. The van der Waals surface area contributed by atoms with E-state index in [2.05, 4.69) is 4.74 Å². The Hall–Kier alpha value is -4.27. The van der Waals surface area contributed by atoms with Crippen molar-refractivity contribution in [2.45, 2.75) is 26.3 Å². The first kappa shape index (κ1) is 24.8. The number of benzene rings is 3. The second-order valence-corrected chi connectivity index (χ2v) is 8.28. The topological polar surface area (TPSA) is 76.1 Å². The zero-order valence-corrected chi connectivity index (χ0v) is 19.6. The fourth-order valence-electron chi connectivity index (χ4n) is 4.40. The smallest absolute Gasteiger partial charge is 0.507 e. The van der Waals surface area contributed by atoms with Crippen molar-refractivity contribution >= 4 is 23.1 Å². The van der Waals surface area contributed by atoms with Crippen LogP contribution in [0.25, 0.3) is 5.76 Å². The van der Waals surface area contributed by atoms with Gasteiger partial charge in [0, 0.05) is 5.69 Å². The Morgan fingerprint density at radius 2 is 1.61 bits per heavy atom. The van der Waals surface area contributed by atoms with Gasteiger partial charge in [0.2, 0.25) is 0 Å². The summed E-state index contributed by atoms with van der Waals surface area (Å²) in [5.74, 6) is -2.40. The molecule has 1 amide bonds. The quantitative estimate of drug-likeness (QED) is 0.272. The average Bonchev–Trinajstić information content (AvgIpc) is 3.09. The van der Waals surface area contributed by atoms with Gasteiger partial charge in [-0.1, -0.05) is 36.4 Å². The third kappa shape index (κ3) is 4.64. The van der Waals surface area contributed by atoms with Crippen LogP contribution in [0.3, 0.4) is 0 Å². The maximum atomic E-state index is 13.3. The number of nitrogens with zero attached hydrogens (tertiary/aromatic N) is 1. The number of ketones is 1. The minimum atomic E-state index is -4.87. The van der Waals surface area contributed by atoms with Gasteiger partial charge in [-0.05, 0) is 60.9 Å². The molecular weight excluding hydrogens is 475 g/mol. The molecule has 0 saturated carbocycles. The van der Waals surface area contributed by atoms with Gasteiger partial charge in [-0.25, -0.2) is 0 Å². The van der Waals surface area contributed by atoms with Crippen LogP contribution in [0.15, 0.2) is 72.3 Å². The van der Waals surface area contributed by atoms with Crippen molar-refractivity contribution in [3.05, 3.63) is 94.6 Å². The van der Waals surface area contributed by atoms with Crippen molar-refractivity contribution in [2.24, 2.45) is 0 Å². The van der Waals surface area contributed by atoms with E-state index in [1.54, 1.807) is 43.3 Å². The van der Waals surface area contributed by atoms with Crippen LogP contribution >= 0.6 is 0 Å². The molecule has 1 aliphatic rings. The molecule has 3 aromatic carbocycles. The summed E-state index contributed by atoms with van der Waals surface area (Å²) < 4.78 is 47.1. The Morgan fingerprint density at radius 1 is 0.972 bits per heavy atom. The summed E-state index contributed by atoms with van der Waals surface area (Å²) >= 11 is 0. The largest absolute Gasteiger partial charge is 0.573 e. The summed E-state index contributed by atoms with van der Waals surface area (Å²) in [5.41, 5.74) is 2.31. The Kier molecular flexibility index (Phi) is 6.49. The minimum absolute atomic E-state index is 0.159. The van der Waals surface area contributed by atoms with Crippen LogP contribution in [-0.2, 0) is 9.59 Å². The molecular formula is C27H22F3NO5. The summed E-state index contributed by atoms with van der Waals surface area (Å²) in [4.78, 5) is 27.7. The van der Waals surface area contributed by atoms with Crippen molar-refractivity contribution in [1.29, 1.82) is 0 Å². The van der Waals surface area contributed by atoms with Gasteiger partial charge in [-0.3, -0.25) is 14.5 Å². The van der Waals surface area contributed by atoms with E-state index in [-0.39, 0.29) is 16.8 Å².